The molecule has 0 saturated carbocycles. The summed E-state index contributed by atoms with van der Waals surface area (Å²) in [5.41, 5.74) is 3.59. The Labute approximate surface area is 209 Å². The molecule has 0 unspecified atom stereocenters. The molecule has 3 aromatic carbocycles. The van der Waals surface area contributed by atoms with Crippen molar-refractivity contribution in [3.63, 3.8) is 0 Å². The molecule has 1 aliphatic heterocycles. The predicted molar refractivity (Wildman–Crippen MR) is 141 cm³/mol. The van der Waals surface area contributed by atoms with Gasteiger partial charge in [0.1, 0.15) is 0 Å². The average Bonchev–Trinajstić information content (AvgIpc) is 2.81. The highest BCUT2D eigenvalue weighted by Crippen LogP contribution is 2.22. The minimum atomic E-state index is -0.304. The maximum atomic E-state index is 12.3. The van der Waals surface area contributed by atoms with Crippen molar-refractivity contribution in [3.05, 3.63) is 94.0 Å². The lowest BCUT2D eigenvalue weighted by atomic mass is 10.2. The minimum absolute atomic E-state index is 0.237. The van der Waals surface area contributed by atoms with Crippen molar-refractivity contribution in [3.8, 4) is 0 Å². The fourth-order valence-electron chi connectivity index (χ4n) is 3.75. The smallest absolute Gasteiger partial charge is 0.257 e. The molecule has 1 amide bonds. The normalized spacial score (nSPS) is 14.1. The Kier molecular flexibility index (Phi) is 7.83. The number of carbonyl (C=O) groups excluding carboxylic acids is 1. The Morgan fingerprint density at radius 2 is 1.64 bits per heavy atom. The van der Waals surface area contributed by atoms with E-state index in [0.29, 0.717) is 10.6 Å². The van der Waals surface area contributed by atoms with E-state index >= 15 is 0 Å². The molecule has 0 radical (unpaired) electrons. The number of rotatable bonds is 5. The van der Waals surface area contributed by atoms with E-state index in [4.69, 9.17) is 35.4 Å². The molecule has 1 saturated heterocycles. The van der Waals surface area contributed by atoms with E-state index in [1.54, 1.807) is 24.3 Å². The van der Waals surface area contributed by atoms with Gasteiger partial charge in [-0.15, -0.1) is 0 Å². The largest absolute Gasteiger partial charge is 0.369 e. The van der Waals surface area contributed by atoms with E-state index in [0.717, 1.165) is 49.1 Å². The highest BCUT2D eigenvalue weighted by Gasteiger charge is 2.18. The topological polar surface area (TPSA) is 47.6 Å². The first-order valence-corrected chi connectivity index (χ1v) is 11.8. The zero-order valence-electron chi connectivity index (χ0n) is 17.9. The summed E-state index contributed by atoms with van der Waals surface area (Å²) >= 11 is 17.5. The van der Waals surface area contributed by atoms with Crippen LogP contribution in [0.3, 0.4) is 0 Å². The van der Waals surface area contributed by atoms with Crippen LogP contribution in [0, 0.1) is 0 Å². The number of anilines is 2. The van der Waals surface area contributed by atoms with E-state index in [1.165, 1.54) is 5.56 Å². The number of amides is 1. The number of benzene rings is 3. The summed E-state index contributed by atoms with van der Waals surface area (Å²) in [6.07, 6.45) is 0. The Hall–Kier alpha value is -2.64. The quantitative estimate of drug-likeness (QED) is 0.458. The van der Waals surface area contributed by atoms with Crippen LogP contribution in [0.1, 0.15) is 15.9 Å². The van der Waals surface area contributed by atoms with Crippen molar-refractivity contribution in [2.45, 2.75) is 6.54 Å². The first-order chi connectivity index (χ1) is 16.0. The van der Waals surface area contributed by atoms with Crippen molar-refractivity contribution < 1.29 is 4.79 Å². The molecule has 0 aliphatic carbocycles. The number of nitrogens with zero attached hydrogens (tertiary/aromatic N) is 2. The van der Waals surface area contributed by atoms with Gasteiger partial charge in [0, 0.05) is 59.7 Å². The maximum absolute atomic E-state index is 12.3. The SMILES string of the molecule is O=C(NC(=S)Nc1ccc(N2CCN(Cc3ccccc3Cl)CC2)cc1)c1cccc(Cl)c1. The monoisotopic (exact) mass is 498 g/mol. The second kappa shape index (κ2) is 11.0. The van der Waals surface area contributed by atoms with Crippen LogP contribution < -0.4 is 15.5 Å². The summed E-state index contributed by atoms with van der Waals surface area (Å²) in [6, 6.07) is 22.8. The van der Waals surface area contributed by atoms with Crippen LogP contribution >= 0.6 is 35.4 Å². The summed E-state index contributed by atoms with van der Waals surface area (Å²) in [4.78, 5) is 17.1. The summed E-state index contributed by atoms with van der Waals surface area (Å²) in [5, 5.41) is 7.29. The molecule has 33 heavy (non-hydrogen) atoms. The first kappa shape index (κ1) is 23.5. The lowest BCUT2D eigenvalue weighted by molar-refractivity contribution is 0.0977. The van der Waals surface area contributed by atoms with Gasteiger partial charge in [-0.25, -0.2) is 0 Å². The molecule has 170 valence electrons. The van der Waals surface area contributed by atoms with Gasteiger partial charge in [-0.05, 0) is 66.3 Å². The molecule has 5 nitrogen and oxygen atoms in total. The minimum Gasteiger partial charge on any atom is -0.369 e. The van der Waals surface area contributed by atoms with E-state index in [1.807, 2.05) is 30.3 Å². The molecule has 3 aromatic rings. The van der Waals surface area contributed by atoms with Crippen LogP contribution in [-0.4, -0.2) is 42.1 Å². The molecule has 0 spiro atoms. The Bertz CT molecular complexity index is 1130. The van der Waals surface area contributed by atoms with Gasteiger partial charge in [0.05, 0.1) is 0 Å². The van der Waals surface area contributed by atoms with Crippen LogP contribution in [0.2, 0.25) is 10.0 Å². The van der Waals surface area contributed by atoms with E-state index in [2.05, 4.69) is 38.6 Å². The molecule has 1 heterocycles. The zero-order valence-corrected chi connectivity index (χ0v) is 20.3. The molecule has 1 fully saturated rings. The lowest BCUT2D eigenvalue weighted by Gasteiger charge is -2.36. The van der Waals surface area contributed by atoms with Crippen LogP contribution in [0.5, 0.6) is 0 Å². The Morgan fingerprint density at radius 3 is 2.33 bits per heavy atom. The number of carbonyl (C=O) groups is 1. The number of thiocarbonyl (C=S) groups is 1. The van der Waals surface area contributed by atoms with Crippen LogP contribution in [0.15, 0.2) is 72.8 Å². The van der Waals surface area contributed by atoms with Gasteiger partial charge in [0.25, 0.3) is 5.91 Å². The standard InChI is InChI=1S/C25H24Cl2N4OS/c26-20-6-3-5-18(16-20)24(32)29-25(33)28-21-8-10-22(11-9-21)31-14-12-30(13-15-31)17-19-4-1-2-7-23(19)27/h1-11,16H,12-15,17H2,(H2,28,29,32,33). The zero-order chi connectivity index (χ0) is 23.2. The first-order valence-electron chi connectivity index (χ1n) is 10.7. The maximum Gasteiger partial charge on any atom is 0.257 e. The van der Waals surface area contributed by atoms with E-state index in [-0.39, 0.29) is 11.0 Å². The highest BCUT2D eigenvalue weighted by atomic mass is 35.5. The van der Waals surface area contributed by atoms with Crippen molar-refractivity contribution in [1.29, 1.82) is 0 Å². The van der Waals surface area contributed by atoms with Crippen LogP contribution in [-0.2, 0) is 6.54 Å². The third-order valence-corrected chi connectivity index (χ3v) is 6.34. The summed E-state index contributed by atoms with van der Waals surface area (Å²) in [5.74, 6) is -0.304. The van der Waals surface area contributed by atoms with Gasteiger partial charge >= 0.3 is 0 Å². The molecule has 0 atom stereocenters. The van der Waals surface area contributed by atoms with Gasteiger partial charge in [-0.3, -0.25) is 15.0 Å². The van der Waals surface area contributed by atoms with Crippen LogP contribution in [0.25, 0.3) is 0 Å². The fraction of sp³-hybridized carbons (Fsp3) is 0.200. The van der Waals surface area contributed by atoms with Crippen molar-refractivity contribution in [1.82, 2.24) is 10.2 Å². The number of hydrogen-bond donors (Lipinski definition) is 2. The fourth-order valence-corrected chi connectivity index (χ4v) is 4.35. The highest BCUT2D eigenvalue weighted by molar-refractivity contribution is 7.80. The molecular weight excluding hydrogens is 475 g/mol. The van der Waals surface area contributed by atoms with E-state index < -0.39 is 0 Å². The Morgan fingerprint density at radius 1 is 0.909 bits per heavy atom. The molecule has 2 N–H and O–H groups in total. The number of piperazine rings is 1. The second-order valence-corrected chi connectivity index (χ2v) is 9.07. The molecule has 4 rings (SSSR count). The average molecular weight is 499 g/mol. The third kappa shape index (κ3) is 6.45. The van der Waals surface area contributed by atoms with Crippen molar-refractivity contribution in [2.75, 3.05) is 36.4 Å². The lowest BCUT2D eigenvalue weighted by Crippen LogP contribution is -2.46. The number of halogens is 2. The summed E-state index contributed by atoms with van der Waals surface area (Å²) < 4.78 is 0. The van der Waals surface area contributed by atoms with Crippen molar-refractivity contribution in [2.24, 2.45) is 0 Å². The predicted octanol–water partition coefficient (Wildman–Crippen LogP) is 5.44. The van der Waals surface area contributed by atoms with Gasteiger partial charge in [-0.1, -0.05) is 47.5 Å². The number of hydrogen-bond acceptors (Lipinski definition) is 4. The molecule has 0 aromatic heterocycles. The molecule has 0 bridgehead atoms. The van der Waals surface area contributed by atoms with Crippen LogP contribution in [0.4, 0.5) is 11.4 Å². The molecular formula is C25H24Cl2N4OS. The summed E-state index contributed by atoms with van der Waals surface area (Å²) in [6.45, 7) is 4.72. The van der Waals surface area contributed by atoms with Gasteiger partial charge in [0.15, 0.2) is 5.11 Å². The molecule has 8 heteroatoms. The number of nitrogens with one attached hydrogen (secondary N) is 2. The summed E-state index contributed by atoms with van der Waals surface area (Å²) in [7, 11) is 0. The third-order valence-electron chi connectivity index (χ3n) is 5.53. The Balaban J connectivity index is 1.26. The van der Waals surface area contributed by atoms with Crippen molar-refractivity contribution >= 4 is 57.8 Å². The van der Waals surface area contributed by atoms with Gasteiger partial charge in [0.2, 0.25) is 0 Å². The van der Waals surface area contributed by atoms with E-state index in [9.17, 15) is 4.79 Å². The second-order valence-electron chi connectivity index (χ2n) is 7.82. The van der Waals surface area contributed by atoms with Gasteiger partial charge in [-0.2, -0.15) is 0 Å². The molecule has 1 aliphatic rings. The van der Waals surface area contributed by atoms with Gasteiger partial charge < -0.3 is 10.2 Å².